The Kier molecular flexibility index (Phi) is 2.72. The highest BCUT2D eigenvalue weighted by atomic mass is 16.5. The van der Waals surface area contributed by atoms with Crippen molar-refractivity contribution >= 4 is 5.82 Å². The first-order valence-corrected chi connectivity index (χ1v) is 4.85. The Bertz CT molecular complexity index is 494. The summed E-state index contributed by atoms with van der Waals surface area (Å²) in [5.74, 6) is 1.84. The Balaban J connectivity index is 2.56. The van der Waals surface area contributed by atoms with Gasteiger partial charge >= 0.3 is 0 Å². The second-order valence-corrected chi connectivity index (χ2v) is 3.23. The lowest BCUT2D eigenvalue weighted by atomic mass is 10.4. The lowest BCUT2D eigenvalue weighted by Crippen LogP contribution is -2.06. The number of aromatic nitrogens is 4. The number of methoxy groups -OCH3 is 1. The number of hydrogen-bond donors (Lipinski definition) is 1. The summed E-state index contributed by atoms with van der Waals surface area (Å²) in [6.45, 7) is 1.92. The van der Waals surface area contributed by atoms with E-state index in [1.165, 1.54) is 6.33 Å². The molecule has 0 aliphatic rings. The van der Waals surface area contributed by atoms with Crippen LogP contribution in [0.2, 0.25) is 0 Å². The summed E-state index contributed by atoms with van der Waals surface area (Å²) in [7, 11) is 3.36. The quantitative estimate of drug-likeness (QED) is 0.835. The van der Waals surface area contributed by atoms with E-state index in [0.717, 1.165) is 5.69 Å². The van der Waals surface area contributed by atoms with E-state index >= 15 is 0 Å². The van der Waals surface area contributed by atoms with Crippen molar-refractivity contribution in [2.24, 2.45) is 0 Å². The van der Waals surface area contributed by atoms with Crippen LogP contribution < -0.4 is 10.1 Å². The fourth-order valence-electron chi connectivity index (χ4n) is 1.43. The van der Waals surface area contributed by atoms with Crippen LogP contribution in [0.15, 0.2) is 18.6 Å². The average Bonchev–Trinajstić information content (AvgIpc) is 2.74. The lowest BCUT2D eigenvalue weighted by Gasteiger charge is -2.10. The van der Waals surface area contributed by atoms with Gasteiger partial charge in [-0.1, -0.05) is 0 Å². The molecule has 0 saturated carbocycles. The third kappa shape index (κ3) is 1.69. The number of hydrogen-bond acceptors (Lipinski definition) is 5. The molecule has 0 atom stereocenters. The Morgan fingerprint density at radius 1 is 1.38 bits per heavy atom. The van der Waals surface area contributed by atoms with E-state index in [1.807, 2.05) is 19.2 Å². The molecule has 1 N–H and O–H groups in total. The van der Waals surface area contributed by atoms with Crippen LogP contribution in [-0.4, -0.2) is 33.9 Å². The van der Waals surface area contributed by atoms with E-state index in [1.54, 1.807) is 18.8 Å². The van der Waals surface area contributed by atoms with Crippen LogP contribution in [0.1, 0.15) is 5.69 Å². The van der Waals surface area contributed by atoms with Crippen LogP contribution in [0.4, 0.5) is 5.82 Å². The van der Waals surface area contributed by atoms with E-state index in [0.29, 0.717) is 17.4 Å². The predicted octanol–water partition coefficient (Wildman–Crippen LogP) is 1.02. The number of aryl methyl sites for hydroxylation is 1. The smallest absolute Gasteiger partial charge is 0.206 e. The topological polar surface area (TPSA) is 64.9 Å². The zero-order chi connectivity index (χ0) is 11.5. The molecule has 0 spiro atoms. The average molecular weight is 219 g/mol. The van der Waals surface area contributed by atoms with E-state index in [4.69, 9.17) is 4.74 Å². The van der Waals surface area contributed by atoms with Gasteiger partial charge in [-0.3, -0.25) is 0 Å². The minimum Gasteiger partial charge on any atom is -0.490 e. The standard InChI is InChI=1S/C10H13N5O/c1-7-4-5-15(14-7)10-8(16-3)9(11-2)12-6-13-10/h4-6H,1-3H3,(H,11,12,13). The van der Waals surface area contributed by atoms with Gasteiger partial charge in [-0.25, -0.2) is 14.6 Å². The molecule has 2 aromatic rings. The highest BCUT2D eigenvalue weighted by Gasteiger charge is 2.13. The largest absolute Gasteiger partial charge is 0.490 e. The molecule has 16 heavy (non-hydrogen) atoms. The summed E-state index contributed by atoms with van der Waals surface area (Å²) in [4.78, 5) is 8.24. The summed E-state index contributed by atoms with van der Waals surface area (Å²) in [5.41, 5.74) is 0.923. The van der Waals surface area contributed by atoms with Crippen LogP contribution in [0.3, 0.4) is 0 Å². The summed E-state index contributed by atoms with van der Waals surface area (Å²) >= 11 is 0. The van der Waals surface area contributed by atoms with Crippen molar-refractivity contribution in [3.05, 3.63) is 24.3 Å². The molecule has 0 aromatic carbocycles. The Labute approximate surface area is 93.3 Å². The summed E-state index contributed by atoms with van der Waals surface area (Å²) in [6.07, 6.45) is 3.31. The van der Waals surface area contributed by atoms with Crippen molar-refractivity contribution in [3.63, 3.8) is 0 Å². The minimum absolute atomic E-state index is 0.577. The van der Waals surface area contributed by atoms with E-state index in [2.05, 4.69) is 20.4 Å². The van der Waals surface area contributed by atoms with Gasteiger partial charge < -0.3 is 10.1 Å². The van der Waals surface area contributed by atoms with Gasteiger partial charge in [0, 0.05) is 13.2 Å². The van der Waals surface area contributed by atoms with Crippen molar-refractivity contribution < 1.29 is 4.74 Å². The number of nitrogens with zero attached hydrogens (tertiary/aromatic N) is 4. The third-order valence-electron chi connectivity index (χ3n) is 2.17. The van der Waals surface area contributed by atoms with Crippen LogP contribution in [0.5, 0.6) is 5.75 Å². The summed E-state index contributed by atoms with van der Waals surface area (Å²) < 4.78 is 6.95. The van der Waals surface area contributed by atoms with Gasteiger partial charge in [0.15, 0.2) is 5.82 Å². The van der Waals surface area contributed by atoms with Crippen molar-refractivity contribution in [3.8, 4) is 11.6 Å². The number of ether oxygens (including phenoxy) is 1. The third-order valence-corrected chi connectivity index (χ3v) is 2.17. The van der Waals surface area contributed by atoms with E-state index in [-0.39, 0.29) is 0 Å². The van der Waals surface area contributed by atoms with E-state index < -0.39 is 0 Å². The second-order valence-electron chi connectivity index (χ2n) is 3.23. The summed E-state index contributed by atoms with van der Waals surface area (Å²) in [5, 5.41) is 7.23. The Hall–Kier alpha value is -2.11. The highest BCUT2D eigenvalue weighted by Crippen LogP contribution is 2.26. The molecule has 2 heterocycles. The first-order valence-electron chi connectivity index (χ1n) is 4.85. The van der Waals surface area contributed by atoms with Crippen LogP contribution in [0, 0.1) is 6.92 Å². The first-order chi connectivity index (χ1) is 7.76. The molecule has 0 amide bonds. The monoisotopic (exact) mass is 219 g/mol. The van der Waals surface area contributed by atoms with Crippen molar-refractivity contribution in [1.82, 2.24) is 19.7 Å². The molecule has 6 nitrogen and oxygen atoms in total. The van der Waals surface area contributed by atoms with Gasteiger partial charge in [0.25, 0.3) is 0 Å². The SMILES string of the molecule is CNc1ncnc(-n2ccc(C)n2)c1OC. The van der Waals surface area contributed by atoms with Crippen LogP contribution in [-0.2, 0) is 0 Å². The lowest BCUT2D eigenvalue weighted by molar-refractivity contribution is 0.409. The molecule has 0 aliphatic heterocycles. The highest BCUT2D eigenvalue weighted by molar-refractivity contribution is 5.57. The fourth-order valence-corrected chi connectivity index (χ4v) is 1.43. The Morgan fingerprint density at radius 3 is 2.75 bits per heavy atom. The van der Waals surface area contributed by atoms with Crippen molar-refractivity contribution in [2.45, 2.75) is 6.92 Å². The molecule has 2 rings (SSSR count). The molecule has 2 aromatic heterocycles. The zero-order valence-corrected chi connectivity index (χ0v) is 9.43. The van der Waals surface area contributed by atoms with Gasteiger partial charge in [0.05, 0.1) is 12.8 Å². The van der Waals surface area contributed by atoms with Gasteiger partial charge in [0.1, 0.15) is 6.33 Å². The number of anilines is 1. The Morgan fingerprint density at radius 2 is 2.19 bits per heavy atom. The van der Waals surface area contributed by atoms with E-state index in [9.17, 15) is 0 Å². The van der Waals surface area contributed by atoms with Crippen molar-refractivity contribution in [2.75, 3.05) is 19.5 Å². The molecular weight excluding hydrogens is 206 g/mol. The fraction of sp³-hybridized carbons (Fsp3) is 0.300. The second kappa shape index (κ2) is 4.18. The van der Waals surface area contributed by atoms with Crippen LogP contribution >= 0.6 is 0 Å². The molecular formula is C10H13N5O. The van der Waals surface area contributed by atoms with Gasteiger partial charge in [0.2, 0.25) is 11.6 Å². The number of nitrogens with one attached hydrogen (secondary N) is 1. The first kappa shape index (κ1) is 10.4. The molecule has 0 bridgehead atoms. The maximum absolute atomic E-state index is 5.28. The maximum Gasteiger partial charge on any atom is 0.206 e. The van der Waals surface area contributed by atoms with Gasteiger partial charge in [-0.05, 0) is 13.0 Å². The molecule has 0 saturated heterocycles. The summed E-state index contributed by atoms with van der Waals surface area (Å²) in [6, 6.07) is 1.90. The predicted molar refractivity (Wildman–Crippen MR) is 60.0 cm³/mol. The minimum atomic E-state index is 0.577. The molecule has 0 aliphatic carbocycles. The zero-order valence-electron chi connectivity index (χ0n) is 9.43. The van der Waals surface area contributed by atoms with Crippen LogP contribution in [0.25, 0.3) is 5.82 Å². The molecule has 84 valence electrons. The van der Waals surface area contributed by atoms with Gasteiger partial charge in [-0.15, -0.1) is 0 Å². The van der Waals surface area contributed by atoms with Gasteiger partial charge in [-0.2, -0.15) is 5.10 Å². The van der Waals surface area contributed by atoms with Crippen molar-refractivity contribution in [1.29, 1.82) is 0 Å². The molecule has 0 fully saturated rings. The molecule has 0 radical (unpaired) electrons. The number of rotatable bonds is 3. The maximum atomic E-state index is 5.28. The molecule has 6 heteroatoms. The normalized spacial score (nSPS) is 10.2. The molecule has 0 unspecified atom stereocenters.